The van der Waals surface area contributed by atoms with Crippen LogP contribution in [0.25, 0.3) is 0 Å². The van der Waals surface area contributed by atoms with E-state index in [-0.39, 0.29) is 30.4 Å². The Balaban J connectivity index is 2.11. The van der Waals surface area contributed by atoms with Gasteiger partial charge in [0.1, 0.15) is 11.5 Å². The van der Waals surface area contributed by atoms with Crippen molar-refractivity contribution in [2.45, 2.75) is 34.2 Å². The monoisotopic (exact) mass is 403 g/mol. The summed E-state index contributed by atoms with van der Waals surface area (Å²) in [5, 5.41) is 3.17. The number of carbonyl (C=O) groups excluding carboxylic acids is 3. The van der Waals surface area contributed by atoms with Gasteiger partial charge in [-0.05, 0) is 33.3 Å². The summed E-state index contributed by atoms with van der Waals surface area (Å²) in [5.41, 5.74) is 3.15. The molecule has 1 amide bonds. The van der Waals surface area contributed by atoms with Crippen molar-refractivity contribution < 1.29 is 24.0 Å². The highest BCUT2D eigenvalue weighted by atomic mass is 32.1. The summed E-state index contributed by atoms with van der Waals surface area (Å²) in [6.45, 7) is 8.06. The van der Waals surface area contributed by atoms with Crippen LogP contribution < -0.4 is 10.2 Å². The highest BCUT2D eigenvalue weighted by molar-refractivity contribution is 7.18. The summed E-state index contributed by atoms with van der Waals surface area (Å²) in [5.74, 6) is -0.887. The third-order valence-corrected chi connectivity index (χ3v) is 5.60. The normalized spacial score (nSPS) is 11.8. The number of hydrogen-bond acceptors (Lipinski definition) is 5. The number of ketones is 1. The first-order valence-electron chi connectivity index (χ1n) is 9.21. The fraction of sp³-hybridized carbons (Fsp3) is 0.381. The summed E-state index contributed by atoms with van der Waals surface area (Å²) >= 11 is 1.12. The van der Waals surface area contributed by atoms with Crippen molar-refractivity contribution in [1.29, 1.82) is 0 Å². The van der Waals surface area contributed by atoms with Gasteiger partial charge in [-0.25, -0.2) is 4.79 Å². The average molecular weight is 404 g/mol. The number of aryl methyl sites for hydroxylation is 1. The molecule has 28 heavy (non-hydrogen) atoms. The first-order valence-corrected chi connectivity index (χ1v) is 10.0. The van der Waals surface area contributed by atoms with Gasteiger partial charge >= 0.3 is 5.97 Å². The lowest BCUT2D eigenvalue weighted by molar-refractivity contribution is -0.885. The molecule has 6 nitrogen and oxygen atoms in total. The van der Waals surface area contributed by atoms with Crippen molar-refractivity contribution in [1.82, 2.24) is 0 Å². The van der Waals surface area contributed by atoms with Crippen molar-refractivity contribution >= 4 is 34.0 Å². The number of rotatable bonds is 8. The third kappa shape index (κ3) is 5.50. The van der Waals surface area contributed by atoms with Crippen molar-refractivity contribution in [2.75, 3.05) is 25.5 Å². The van der Waals surface area contributed by atoms with E-state index in [1.807, 2.05) is 26.1 Å². The molecule has 7 heteroatoms. The SMILES string of the molecule is CCOC(=O)c1c(NC(=O)C[NH+](C)Cc2ccc(C)cc2)sc(C(C)=O)c1C. The number of carbonyl (C=O) groups is 3. The zero-order chi connectivity index (χ0) is 20.8. The highest BCUT2D eigenvalue weighted by Gasteiger charge is 2.25. The van der Waals surface area contributed by atoms with Crippen LogP contribution in [0.5, 0.6) is 0 Å². The predicted molar refractivity (Wildman–Crippen MR) is 110 cm³/mol. The molecule has 1 heterocycles. The first kappa shape index (κ1) is 21.8. The molecular formula is C21H27N2O4S+. The van der Waals surface area contributed by atoms with E-state index in [2.05, 4.69) is 17.4 Å². The first-order chi connectivity index (χ1) is 13.2. The summed E-state index contributed by atoms with van der Waals surface area (Å²) < 4.78 is 5.09. The number of anilines is 1. The molecular weight excluding hydrogens is 376 g/mol. The van der Waals surface area contributed by atoms with E-state index in [1.54, 1.807) is 13.8 Å². The molecule has 1 atom stereocenters. The van der Waals surface area contributed by atoms with E-state index in [4.69, 9.17) is 4.74 Å². The Morgan fingerprint density at radius 2 is 1.79 bits per heavy atom. The van der Waals surface area contributed by atoms with Gasteiger partial charge in [0.2, 0.25) is 0 Å². The molecule has 1 unspecified atom stereocenters. The molecule has 0 aliphatic carbocycles. The van der Waals surface area contributed by atoms with Crippen LogP contribution in [-0.4, -0.2) is 37.9 Å². The molecule has 0 aliphatic heterocycles. The number of amides is 1. The lowest BCUT2D eigenvalue weighted by Gasteiger charge is -2.14. The van der Waals surface area contributed by atoms with Crippen LogP contribution in [0.2, 0.25) is 0 Å². The van der Waals surface area contributed by atoms with Crippen LogP contribution in [0.15, 0.2) is 24.3 Å². The van der Waals surface area contributed by atoms with E-state index < -0.39 is 5.97 Å². The van der Waals surface area contributed by atoms with Crippen LogP contribution in [0.1, 0.15) is 50.6 Å². The topological polar surface area (TPSA) is 76.9 Å². The van der Waals surface area contributed by atoms with Crippen molar-refractivity contribution in [3.05, 3.63) is 51.4 Å². The van der Waals surface area contributed by atoms with Crippen LogP contribution >= 0.6 is 11.3 Å². The van der Waals surface area contributed by atoms with Crippen LogP contribution in [0.3, 0.4) is 0 Å². The van der Waals surface area contributed by atoms with Gasteiger partial charge < -0.3 is 15.0 Å². The maximum Gasteiger partial charge on any atom is 0.341 e. The van der Waals surface area contributed by atoms with Gasteiger partial charge in [0.15, 0.2) is 12.3 Å². The lowest BCUT2D eigenvalue weighted by atomic mass is 10.1. The van der Waals surface area contributed by atoms with Crippen molar-refractivity contribution in [2.24, 2.45) is 0 Å². The second kappa shape index (κ2) is 9.61. The molecule has 0 fully saturated rings. The molecule has 2 rings (SSSR count). The predicted octanol–water partition coefficient (Wildman–Crippen LogP) is 2.40. The molecule has 150 valence electrons. The Kier molecular flexibility index (Phi) is 7.48. The van der Waals surface area contributed by atoms with E-state index in [0.29, 0.717) is 22.0 Å². The quantitative estimate of drug-likeness (QED) is 0.524. The molecule has 2 N–H and O–H groups in total. The van der Waals surface area contributed by atoms with E-state index >= 15 is 0 Å². The summed E-state index contributed by atoms with van der Waals surface area (Å²) in [4.78, 5) is 38.2. The minimum atomic E-state index is -0.528. The largest absolute Gasteiger partial charge is 0.462 e. The molecule has 2 aromatic rings. The Morgan fingerprint density at radius 3 is 2.36 bits per heavy atom. The number of ether oxygens (including phenoxy) is 1. The number of benzene rings is 1. The molecule has 0 saturated carbocycles. The molecule has 0 aliphatic rings. The van der Waals surface area contributed by atoms with Gasteiger partial charge in [-0.15, -0.1) is 11.3 Å². The summed E-state index contributed by atoms with van der Waals surface area (Å²) in [6, 6.07) is 8.20. The summed E-state index contributed by atoms with van der Waals surface area (Å²) in [6.07, 6.45) is 0. The second-order valence-electron chi connectivity index (χ2n) is 6.88. The number of nitrogens with one attached hydrogen (secondary N) is 2. The Morgan fingerprint density at radius 1 is 1.14 bits per heavy atom. The minimum absolute atomic E-state index is 0.143. The maximum atomic E-state index is 12.5. The van der Waals surface area contributed by atoms with Gasteiger partial charge in [0.05, 0.1) is 24.1 Å². The van der Waals surface area contributed by atoms with Gasteiger partial charge in [0.25, 0.3) is 5.91 Å². The second-order valence-corrected chi connectivity index (χ2v) is 7.90. The zero-order valence-corrected chi connectivity index (χ0v) is 17.8. The fourth-order valence-electron chi connectivity index (χ4n) is 2.95. The fourth-order valence-corrected chi connectivity index (χ4v) is 4.05. The third-order valence-electron chi connectivity index (χ3n) is 4.29. The smallest absolute Gasteiger partial charge is 0.341 e. The molecule has 1 aromatic heterocycles. The number of hydrogen-bond donors (Lipinski definition) is 2. The maximum absolute atomic E-state index is 12.5. The van der Waals surface area contributed by atoms with Gasteiger partial charge in [0, 0.05) is 5.56 Å². The highest BCUT2D eigenvalue weighted by Crippen LogP contribution is 2.34. The summed E-state index contributed by atoms with van der Waals surface area (Å²) in [7, 11) is 1.94. The van der Waals surface area contributed by atoms with E-state index in [0.717, 1.165) is 21.8 Å². The Bertz CT molecular complexity index is 871. The zero-order valence-electron chi connectivity index (χ0n) is 17.0. The Labute approximate surface area is 169 Å². The van der Waals surface area contributed by atoms with Crippen LogP contribution in [0, 0.1) is 13.8 Å². The standard InChI is InChI=1S/C21H26N2O4S/c1-6-27-21(26)18-14(3)19(15(4)24)28-20(18)22-17(25)12-23(5)11-16-9-7-13(2)8-10-16/h7-10H,6,11-12H2,1-5H3,(H,22,25)/p+1. The number of thiophene rings is 1. The van der Waals surface area contributed by atoms with Gasteiger partial charge in [-0.2, -0.15) is 0 Å². The van der Waals surface area contributed by atoms with Gasteiger partial charge in [-0.3, -0.25) is 9.59 Å². The molecule has 0 spiro atoms. The van der Waals surface area contributed by atoms with Crippen LogP contribution in [0.4, 0.5) is 5.00 Å². The number of esters is 1. The average Bonchev–Trinajstić information content (AvgIpc) is 2.93. The van der Waals surface area contributed by atoms with Crippen molar-refractivity contribution in [3.63, 3.8) is 0 Å². The minimum Gasteiger partial charge on any atom is -0.462 e. The van der Waals surface area contributed by atoms with Crippen LogP contribution in [-0.2, 0) is 16.1 Å². The van der Waals surface area contributed by atoms with Crippen molar-refractivity contribution in [3.8, 4) is 0 Å². The lowest BCUT2D eigenvalue weighted by Crippen LogP contribution is -3.08. The molecule has 1 aromatic carbocycles. The van der Waals surface area contributed by atoms with E-state index in [9.17, 15) is 14.4 Å². The molecule has 0 bridgehead atoms. The van der Waals surface area contributed by atoms with Gasteiger partial charge in [-0.1, -0.05) is 29.8 Å². The number of likely N-dealkylation sites (N-methyl/N-ethyl adjacent to an activating group) is 1. The number of quaternary nitrogens is 1. The van der Waals surface area contributed by atoms with E-state index in [1.165, 1.54) is 12.5 Å². The molecule has 0 saturated heterocycles. The molecule has 0 radical (unpaired) electrons. The Hall–Kier alpha value is -2.51. The number of Topliss-reactive ketones (excluding diaryl/α,β-unsaturated/α-hetero) is 1.